The molecule has 0 fully saturated rings. The third kappa shape index (κ3) is 5.51. The zero-order valence-electron chi connectivity index (χ0n) is 15.5. The zero-order chi connectivity index (χ0) is 21.7. The molecule has 0 aliphatic heterocycles. The second-order valence-corrected chi connectivity index (χ2v) is 8.56. The van der Waals surface area contributed by atoms with Crippen molar-refractivity contribution >= 4 is 43.5 Å². The summed E-state index contributed by atoms with van der Waals surface area (Å²) in [5.41, 5.74) is 0.378. The molecule has 3 rings (SSSR count). The van der Waals surface area contributed by atoms with Crippen LogP contribution in [-0.2, 0) is 14.8 Å². The lowest BCUT2D eigenvalue weighted by Crippen LogP contribution is -2.30. The molecule has 0 aliphatic carbocycles. The molecule has 0 saturated carbocycles. The summed E-state index contributed by atoms with van der Waals surface area (Å²) in [6.07, 6.45) is 1.95. The molecule has 1 amide bonds. The van der Waals surface area contributed by atoms with Crippen LogP contribution >= 0.6 is 15.9 Å². The van der Waals surface area contributed by atoms with Gasteiger partial charge in [-0.2, -0.15) is 0 Å². The SMILES string of the molecule is CC(Oc1ccc(F)cc1Br)C(=O)Nc1ccc(S(=O)(=O)Nc2ncccn2)cc1. The molecule has 2 aromatic carbocycles. The van der Waals surface area contributed by atoms with Crippen molar-refractivity contribution in [1.82, 2.24) is 9.97 Å². The number of carbonyl (C=O) groups excluding carboxylic acids is 1. The van der Waals surface area contributed by atoms with Gasteiger partial charge in [-0.05, 0) is 71.4 Å². The molecule has 1 atom stereocenters. The summed E-state index contributed by atoms with van der Waals surface area (Å²) >= 11 is 3.17. The first-order chi connectivity index (χ1) is 14.2. The first kappa shape index (κ1) is 21.7. The van der Waals surface area contributed by atoms with E-state index >= 15 is 0 Å². The van der Waals surface area contributed by atoms with Gasteiger partial charge in [-0.1, -0.05) is 0 Å². The van der Waals surface area contributed by atoms with Gasteiger partial charge >= 0.3 is 0 Å². The van der Waals surface area contributed by atoms with E-state index in [9.17, 15) is 17.6 Å². The number of nitrogens with zero attached hydrogens (tertiary/aromatic N) is 2. The van der Waals surface area contributed by atoms with Crippen molar-refractivity contribution in [2.45, 2.75) is 17.9 Å². The summed E-state index contributed by atoms with van der Waals surface area (Å²) in [5, 5.41) is 2.63. The predicted octanol–water partition coefficient (Wildman–Crippen LogP) is 3.59. The molecule has 0 bridgehead atoms. The lowest BCUT2D eigenvalue weighted by molar-refractivity contribution is -0.122. The Balaban J connectivity index is 1.64. The Morgan fingerprint density at radius 3 is 2.43 bits per heavy atom. The minimum absolute atomic E-state index is 0.0208. The Labute approximate surface area is 180 Å². The van der Waals surface area contributed by atoms with Crippen molar-refractivity contribution in [2.75, 3.05) is 10.0 Å². The third-order valence-corrected chi connectivity index (χ3v) is 5.75. The van der Waals surface area contributed by atoms with Crippen LogP contribution in [0.15, 0.2) is 70.3 Å². The molecular weight excluding hydrogens is 479 g/mol. The number of sulfonamides is 1. The minimum Gasteiger partial charge on any atom is -0.480 e. The van der Waals surface area contributed by atoms with Crippen LogP contribution in [0.1, 0.15) is 6.92 Å². The molecule has 0 radical (unpaired) electrons. The molecule has 1 unspecified atom stereocenters. The van der Waals surface area contributed by atoms with Crippen molar-refractivity contribution in [1.29, 1.82) is 0 Å². The second kappa shape index (κ2) is 9.18. The molecule has 1 heterocycles. The molecule has 0 aliphatic rings. The summed E-state index contributed by atoms with van der Waals surface area (Å²) in [4.78, 5) is 20.0. The number of benzene rings is 2. The van der Waals surface area contributed by atoms with Crippen molar-refractivity contribution in [3.8, 4) is 5.75 Å². The van der Waals surface area contributed by atoms with Gasteiger partial charge in [0.1, 0.15) is 11.6 Å². The zero-order valence-corrected chi connectivity index (χ0v) is 17.9. The second-order valence-electron chi connectivity index (χ2n) is 6.03. The Morgan fingerprint density at radius 2 is 1.80 bits per heavy atom. The van der Waals surface area contributed by atoms with Crippen LogP contribution in [0.2, 0.25) is 0 Å². The van der Waals surface area contributed by atoms with Gasteiger partial charge < -0.3 is 10.1 Å². The van der Waals surface area contributed by atoms with Crippen molar-refractivity contribution in [3.63, 3.8) is 0 Å². The van der Waals surface area contributed by atoms with E-state index in [1.54, 1.807) is 6.07 Å². The molecule has 2 N–H and O–H groups in total. The summed E-state index contributed by atoms with van der Waals surface area (Å²) in [7, 11) is -3.87. The normalized spacial score (nSPS) is 12.1. The first-order valence-corrected chi connectivity index (χ1v) is 10.8. The Bertz CT molecular complexity index is 1140. The van der Waals surface area contributed by atoms with Gasteiger partial charge in [-0.15, -0.1) is 0 Å². The van der Waals surface area contributed by atoms with Crippen LogP contribution in [0.5, 0.6) is 5.75 Å². The van der Waals surface area contributed by atoms with E-state index in [4.69, 9.17) is 4.74 Å². The van der Waals surface area contributed by atoms with Gasteiger partial charge in [0.2, 0.25) is 5.95 Å². The largest absolute Gasteiger partial charge is 0.480 e. The molecule has 8 nitrogen and oxygen atoms in total. The van der Waals surface area contributed by atoms with E-state index in [-0.39, 0.29) is 10.8 Å². The first-order valence-electron chi connectivity index (χ1n) is 8.57. The number of rotatable bonds is 7. The fourth-order valence-corrected chi connectivity index (χ4v) is 3.71. The highest BCUT2D eigenvalue weighted by Crippen LogP contribution is 2.26. The van der Waals surface area contributed by atoms with Crippen LogP contribution in [0.4, 0.5) is 16.0 Å². The number of amides is 1. The number of anilines is 2. The van der Waals surface area contributed by atoms with E-state index in [0.717, 1.165) is 0 Å². The van der Waals surface area contributed by atoms with Crippen LogP contribution in [0.25, 0.3) is 0 Å². The monoisotopic (exact) mass is 494 g/mol. The van der Waals surface area contributed by atoms with E-state index < -0.39 is 27.9 Å². The van der Waals surface area contributed by atoms with E-state index in [2.05, 4.69) is 35.9 Å². The number of carbonyl (C=O) groups is 1. The topological polar surface area (TPSA) is 110 Å². The smallest absolute Gasteiger partial charge is 0.265 e. The molecule has 0 spiro atoms. The van der Waals surface area contributed by atoms with Gasteiger partial charge in [0, 0.05) is 18.1 Å². The average Bonchev–Trinajstić information content (AvgIpc) is 2.71. The highest BCUT2D eigenvalue weighted by molar-refractivity contribution is 9.10. The lowest BCUT2D eigenvalue weighted by atomic mass is 10.3. The lowest BCUT2D eigenvalue weighted by Gasteiger charge is -2.16. The summed E-state index contributed by atoms with van der Waals surface area (Å²) < 4.78 is 46.1. The number of hydrogen-bond donors (Lipinski definition) is 2. The van der Waals surface area contributed by atoms with E-state index in [0.29, 0.717) is 15.9 Å². The standard InChI is InChI=1S/C19H16BrFN4O4S/c1-12(29-17-8-3-13(21)11-16(17)20)18(26)24-14-4-6-15(7-5-14)30(27,28)25-19-22-9-2-10-23-19/h2-12H,1H3,(H,24,26)(H,22,23,25). The summed E-state index contributed by atoms with van der Waals surface area (Å²) in [6, 6.07) is 11.0. The van der Waals surface area contributed by atoms with Crippen LogP contribution < -0.4 is 14.8 Å². The molecule has 3 aromatic rings. The van der Waals surface area contributed by atoms with Crippen molar-refractivity contribution in [2.24, 2.45) is 0 Å². The Morgan fingerprint density at radius 1 is 1.13 bits per heavy atom. The minimum atomic E-state index is -3.87. The van der Waals surface area contributed by atoms with Gasteiger partial charge in [-0.3, -0.25) is 4.79 Å². The number of nitrogens with one attached hydrogen (secondary N) is 2. The van der Waals surface area contributed by atoms with Gasteiger partial charge in [-0.25, -0.2) is 27.5 Å². The maximum Gasteiger partial charge on any atom is 0.265 e. The Hall–Kier alpha value is -3.05. The van der Waals surface area contributed by atoms with Gasteiger partial charge in [0.15, 0.2) is 6.10 Å². The number of halogens is 2. The number of ether oxygens (including phenoxy) is 1. The maximum absolute atomic E-state index is 13.2. The van der Waals surface area contributed by atoms with Crippen molar-refractivity contribution in [3.05, 3.63) is 71.2 Å². The molecular formula is C19H16BrFN4O4S. The number of aromatic nitrogens is 2. The van der Waals surface area contributed by atoms with Crippen LogP contribution in [0, 0.1) is 5.82 Å². The van der Waals surface area contributed by atoms with Crippen molar-refractivity contribution < 1.29 is 22.3 Å². The van der Waals surface area contributed by atoms with Gasteiger partial charge in [0.25, 0.3) is 15.9 Å². The van der Waals surface area contributed by atoms with Crippen LogP contribution in [-0.4, -0.2) is 30.4 Å². The highest BCUT2D eigenvalue weighted by Gasteiger charge is 2.18. The maximum atomic E-state index is 13.2. The molecule has 30 heavy (non-hydrogen) atoms. The highest BCUT2D eigenvalue weighted by atomic mass is 79.9. The fraction of sp³-hybridized carbons (Fsp3) is 0.105. The quantitative estimate of drug-likeness (QED) is 0.519. The molecule has 0 saturated heterocycles. The molecule has 11 heteroatoms. The van der Waals surface area contributed by atoms with Crippen LogP contribution in [0.3, 0.4) is 0 Å². The fourth-order valence-electron chi connectivity index (χ4n) is 2.31. The van der Waals surface area contributed by atoms with E-state index in [1.165, 1.54) is 61.8 Å². The van der Waals surface area contributed by atoms with Gasteiger partial charge in [0.05, 0.1) is 9.37 Å². The summed E-state index contributed by atoms with van der Waals surface area (Å²) in [6.45, 7) is 1.54. The van der Waals surface area contributed by atoms with E-state index in [1.807, 2.05) is 0 Å². The predicted molar refractivity (Wildman–Crippen MR) is 112 cm³/mol. The third-order valence-electron chi connectivity index (χ3n) is 3.79. The molecule has 1 aromatic heterocycles. The summed E-state index contributed by atoms with van der Waals surface area (Å²) in [5.74, 6) is -0.630. The Kier molecular flexibility index (Phi) is 6.63. The number of hydrogen-bond acceptors (Lipinski definition) is 6. The molecule has 156 valence electrons. The average molecular weight is 495 g/mol.